The highest BCUT2D eigenvalue weighted by Gasteiger charge is 2.07. The highest BCUT2D eigenvalue weighted by Crippen LogP contribution is 2.22. The van der Waals surface area contributed by atoms with Crippen LogP contribution in [0.3, 0.4) is 0 Å². The van der Waals surface area contributed by atoms with Gasteiger partial charge in [0.25, 0.3) is 0 Å². The topological polar surface area (TPSA) is 35.2 Å². The Bertz CT molecular complexity index is 643. The van der Waals surface area contributed by atoms with Crippen molar-refractivity contribution in [1.82, 2.24) is 0 Å². The molecule has 0 amide bonds. The van der Waals surface area contributed by atoms with Gasteiger partial charge in [0.15, 0.2) is 0 Å². The van der Waals surface area contributed by atoms with Gasteiger partial charge < -0.3 is 10.5 Å². The molecule has 2 rings (SSSR count). The number of hydrogen-bond acceptors (Lipinski definition) is 2. The molecule has 2 N–H and O–H groups in total. The minimum Gasteiger partial charge on any atom is -0.489 e. The van der Waals surface area contributed by atoms with Gasteiger partial charge in [0, 0.05) is 16.1 Å². The Balaban J connectivity index is 2.14. The molecule has 0 radical (unpaired) electrons. The van der Waals surface area contributed by atoms with Crippen LogP contribution in [0.4, 0.5) is 8.78 Å². The number of hydrogen-bond donors (Lipinski definition) is 1. The van der Waals surface area contributed by atoms with Crippen LogP contribution in [-0.2, 0) is 6.61 Å². The quantitative estimate of drug-likeness (QED) is 0.841. The lowest BCUT2D eigenvalue weighted by atomic mass is 10.1. The zero-order chi connectivity index (χ0) is 14.7. The molecule has 0 heterocycles. The second-order valence-corrected chi connectivity index (χ2v) is 5.43. The van der Waals surface area contributed by atoms with Gasteiger partial charge in [0.1, 0.15) is 29.0 Å². The van der Waals surface area contributed by atoms with E-state index in [1.165, 1.54) is 24.3 Å². The monoisotopic (exact) mass is 357 g/mol. The fourth-order valence-electron chi connectivity index (χ4n) is 1.63. The highest BCUT2D eigenvalue weighted by atomic mass is 79.9. The SMILES string of the molecule is NC(=S)c1cc(COc2cc(F)cc(Br)c2)ccc1F. The zero-order valence-electron chi connectivity index (χ0n) is 10.2. The molecular weight excluding hydrogens is 348 g/mol. The fraction of sp³-hybridized carbons (Fsp3) is 0.0714. The Kier molecular flexibility index (Phi) is 4.67. The van der Waals surface area contributed by atoms with Gasteiger partial charge in [0.05, 0.1) is 0 Å². The summed E-state index contributed by atoms with van der Waals surface area (Å²) in [4.78, 5) is -0.0159. The maximum Gasteiger partial charge on any atom is 0.133 e. The Morgan fingerprint density at radius 1 is 1.20 bits per heavy atom. The van der Waals surface area contributed by atoms with Crippen molar-refractivity contribution in [2.75, 3.05) is 0 Å². The minimum absolute atomic E-state index is 0.0159. The van der Waals surface area contributed by atoms with Crippen molar-refractivity contribution in [1.29, 1.82) is 0 Å². The van der Waals surface area contributed by atoms with E-state index in [1.54, 1.807) is 12.1 Å². The molecule has 0 unspecified atom stereocenters. The van der Waals surface area contributed by atoms with Gasteiger partial charge in [-0.2, -0.15) is 0 Å². The molecule has 0 aliphatic rings. The van der Waals surface area contributed by atoms with Crippen molar-refractivity contribution >= 4 is 33.1 Å². The molecule has 2 aromatic rings. The number of rotatable bonds is 4. The summed E-state index contributed by atoms with van der Waals surface area (Å²) in [6, 6.07) is 8.59. The van der Waals surface area contributed by atoms with E-state index in [0.29, 0.717) is 15.8 Å². The number of benzene rings is 2. The minimum atomic E-state index is -0.477. The first kappa shape index (κ1) is 14.9. The van der Waals surface area contributed by atoms with E-state index in [2.05, 4.69) is 15.9 Å². The molecule has 0 aromatic heterocycles. The van der Waals surface area contributed by atoms with Crippen molar-refractivity contribution in [3.8, 4) is 5.75 Å². The summed E-state index contributed by atoms with van der Waals surface area (Å²) >= 11 is 7.94. The van der Waals surface area contributed by atoms with E-state index in [9.17, 15) is 8.78 Å². The van der Waals surface area contributed by atoms with Crippen molar-refractivity contribution in [2.24, 2.45) is 5.73 Å². The number of thiocarbonyl (C=S) groups is 1. The third kappa shape index (κ3) is 3.74. The van der Waals surface area contributed by atoms with E-state index < -0.39 is 11.6 Å². The zero-order valence-corrected chi connectivity index (χ0v) is 12.6. The second-order valence-electron chi connectivity index (χ2n) is 4.07. The summed E-state index contributed by atoms with van der Waals surface area (Å²) in [5.41, 5.74) is 6.28. The second kappa shape index (κ2) is 6.28. The third-order valence-corrected chi connectivity index (χ3v) is 3.22. The van der Waals surface area contributed by atoms with Gasteiger partial charge in [-0.25, -0.2) is 8.78 Å². The summed E-state index contributed by atoms with van der Waals surface area (Å²) in [7, 11) is 0. The summed E-state index contributed by atoms with van der Waals surface area (Å²) in [6.45, 7) is 0.159. The Hall–Kier alpha value is -1.53. The summed E-state index contributed by atoms with van der Waals surface area (Å²) in [6.07, 6.45) is 0. The molecule has 104 valence electrons. The maximum atomic E-state index is 13.4. The molecule has 0 spiro atoms. The van der Waals surface area contributed by atoms with E-state index in [-0.39, 0.29) is 17.2 Å². The average molecular weight is 358 g/mol. The Morgan fingerprint density at radius 2 is 1.95 bits per heavy atom. The molecule has 0 saturated carbocycles. The molecule has 0 bridgehead atoms. The van der Waals surface area contributed by atoms with Crippen molar-refractivity contribution in [3.63, 3.8) is 0 Å². The maximum absolute atomic E-state index is 13.4. The van der Waals surface area contributed by atoms with Crippen LogP contribution >= 0.6 is 28.1 Å². The predicted molar refractivity (Wildman–Crippen MR) is 80.7 cm³/mol. The first-order chi connectivity index (χ1) is 9.45. The van der Waals surface area contributed by atoms with Gasteiger partial charge in [-0.05, 0) is 29.8 Å². The molecule has 0 aliphatic heterocycles. The molecule has 0 saturated heterocycles. The van der Waals surface area contributed by atoms with Crippen molar-refractivity contribution in [3.05, 3.63) is 63.6 Å². The smallest absolute Gasteiger partial charge is 0.133 e. The molecule has 6 heteroatoms. The number of halogens is 3. The van der Waals surface area contributed by atoms with Gasteiger partial charge in [-0.15, -0.1) is 0 Å². The lowest BCUT2D eigenvalue weighted by Gasteiger charge is -2.09. The third-order valence-electron chi connectivity index (χ3n) is 2.54. The molecule has 0 aliphatic carbocycles. The standard InChI is InChI=1S/C14H10BrF2NOS/c15-9-4-10(16)6-11(5-9)19-7-8-1-2-13(17)12(3-8)14(18)20/h1-6H,7H2,(H2,18,20). The highest BCUT2D eigenvalue weighted by molar-refractivity contribution is 9.10. The Morgan fingerprint density at radius 3 is 2.60 bits per heavy atom. The van der Waals surface area contributed by atoms with Gasteiger partial charge in [-0.3, -0.25) is 0 Å². The van der Waals surface area contributed by atoms with Crippen LogP contribution in [0.2, 0.25) is 0 Å². The molecule has 0 fully saturated rings. The number of nitrogens with two attached hydrogens (primary N) is 1. The van der Waals surface area contributed by atoms with E-state index in [0.717, 1.165) is 0 Å². The fourth-order valence-corrected chi connectivity index (χ4v) is 2.23. The average Bonchev–Trinajstić information content (AvgIpc) is 2.36. The lowest BCUT2D eigenvalue weighted by molar-refractivity contribution is 0.304. The van der Waals surface area contributed by atoms with Crippen molar-refractivity contribution < 1.29 is 13.5 Å². The molecule has 2 nitrogen and oxygen atoms in total. The largest absolute Gasteiger partial charge is 0.489 e. The van der Waals surface area contributed by atoms with Crippen LogP contribution in [0.5, 0.6) is 5.75 Å². The summed E-state index contributed by atoms with van der Waals surface area (Å²) in [5, 5.41) is 0. The molecule has 2 aromatic carbocycles. The van der Waals surface area contributed by atoms with Crippen LogP contribution < -0.4 is 10.5 Å². The van der Waals surface area contributed by atoms with Crippen LogP contribution in [0.1, 0.15) is 11.1 Å². The van der Waals surface area contributed by atoms with E-state index >= 15 is 0 Å². The molecular formula is C14H10BrF2NOS. The normalized spacial score (nSPS) is 10.3. The first-order valence-electron chi connectivity index (χ1n) is 5.63. The van der Waals surface area contributed by atoms with E-state index in [1.807, 2.05) is 0 Å². The van der Waals surface area contributed by atoms with Crippen LogP contribution in [-0.4, -0.2) is 4.99 Å². The molecule has 0 atom stereocenters. The van der Waals surface area contributed by atoms with Crippen LogP contribution in [0, 0.1) is 11.6 Å². The van der Waals surface area contributed by atoms with Gasteiger partial charge in [-0.1, -0.05) is 34.2 Å². The van der Waals surface area contributed by atoms with Gasteiger partial charge in [0.2, 0.25) is 0 Å². The summed E-state index contributed by atoms with van der Waals surface area (Å²) in [5.74, 6) is -0.509. The van der Waals surface area contributed by atoms with Crippen LogP contribution in [0.25, 0.3) is 0 Å². The van der Waals surface area contributed by atoms with Crippen molar-refractivity contribution in [2.45, 2.75) is 6.61 Å². The van der Waals surface area contributed by atoms with Gasteiger partial charge >= 0.3 is 0 Å². The molecule has 20 heavy (non-hydrogen) atoms. The summed E-state index contributed by atoms with van der Waals surface area (Å²) < 4.78 is 32.6. The Labute approximate surface area is 128 Å². The van der Waals surface area contributed by atoms with Crippen LogP contribution in [0.15, 0.2) is 40.9 Å². The predicted octanol–water partition coefficient (Wildman–Crippen LogP) is 3.94. The number of ether oxygens (including phenoxy) is 1. The van der Waals surface area contributed by atoms with E-state index in [4.69, 9.17) is 22.7 Å². The lowest BCUT2D eigenvalue weighted by Crippen LogP contribution is -2.12. The first-order valence-corrected chi connectivity index (χ1v) is 6.83.